The standard InChI is InChI=1S/C17H24ClNO3S/c1-13(10-17(2,3)15-7-5-4-6-8-15)19-11-14(9-16(19)20)12-23(18,21)22/h4-8,13-14H,9-12H2,1-3H3. The van der Waals surface area contributed by atoms with Crippen molar-refractivity contribution in [3.8, 4) is 0 Å². The van der Waals surface area contributed by atoms with Crippen LogP contribution in [-0.2, 0) is 19.3 Å². The number of likely N-dealkylation sites (tertiary alicyclic amines) is 1. The van der Waals surface area contributed by atoms with E-state index < -0.39 is 9.05 Å². The lowest BCUT2D eigenvalue weighted by Gasteiger charge is -2.33. The Kier molecular flexibility index (Phi) is 5.41. The van der Waals surface area contributed by atoms with Gasteiger partial charge in [-0.25, -0.2) is 8.42 Å². The lowest BCUT2D eigenvalue weighted by Crippen LogP contribution is -2.39. The number of hydrogen-bond acceptors (Lipinski definition) is 3. The van der Waals surface area contributed by atoms with Crippen LogP contribution in [0.2, 0.25) is 0 Å². The van der Waals surface area contributed by atoms with Crippen molar-refractivity contribution in [2.75, 3.05) is 12.3 Å². The second-order valence-corrected chi connectivity index (χ2v) is 9.95. The molecule has 0 radical (unpaired) electrons. The predicted molar refractivity (Wildman–Crippen MR) is 93.0 cm³/mol. The van der Waals surface area contributed by atoms with Gasteiger partial charge < -0.3 is 4.90 Å². The quantitative estimate of drug-likeness (QED) is 0.735. The SMILES string of the molecule is CC(CC(C)(C)c1ccccc1)N1CC(CS(=O)(=O)Cl)CC1=O. The van der Waals surface area contributed by atoms with E-state index in [1.54, 1.807) is 4.90 Å². The molecule has 0 aromatic heterocycles. The van der Waals surface area contributed by atoms with Crippen molar-refractivity contribution in [1.29, 1.82) is 0 Å². The molecule has 23 heavy (non-hydrogen) atoms. The Morgan fingerprint density at radius 2 is 1.91 bits per heavy atom. The van der Waals surface area contributed by atoms with Crippen molar-refractivity contribution in [2.45, 2.75) is 45.1 Å². The molecule has 2 rings (SSSR count). The summed E-state index contributed by atoms with van der Waals surface area (Å²) in [6, 6.07) is 10.3. The monoisotopic (exact) mass is 357 g/mol. The Bertz CT molecular complexity index is 658. The molecule has 4 nitrogen and oxygen atoms in total. The molecule has 2 unspecified atom stereocenters. The number of amides is 1. The van der Waals surface area contributed by atoms with Crippen LogP contribution in [0.4, 0.5) is 0 Å². The number of halogens is 1. The molecule has 6 heteroatoms. The molecule has 2 atom stereocenters. The number of hydrogen-bond donors (Lipinski definition) is 0. The van der Waals surface area contributed by atoms with E-state index in [1.165, 1.54) is 5.56 Å². The number of rotatable bonds is 6. The molecule has 1 aromatic carbocycles. The fourth-order valence-corrected chi connectivity index (χ4v) is 4.80. The van der Waals surface area contributed by atoms with Crippen LogP contribution in [0, 0.1) is 5.92 Å². The first-order valence-electron chi connectivity index (χ1n) is 7.86. The number of nitrogens with zero attached hydrogens (tertiary/aromatic N) is 1. The van der Waals surface area contributed by atoms with E-state index >= 15 is 0 Å². The number of carbonyl (C=O) groups is 1. The average molecular weight is 358 g/mol. The lowest BCUT2D eigenvalue weighted by molar-refractivity contribution is -0.129. The molecule has 128 valence electrons. The molecule has 1 aromatic rings. The average Bonchev–Trinajstić information content (AvgIpc) is 2.78. The van der Waals surface area contributed by atoms with E-state index in [1.807, 2.05) is 25.1 Å². The van der Waals surface area contributed by atoms with E-state index in [0.29, 0.717) is 6.54 Å². The van der Waals surface area contributed by atoms with Crippen molar-refractivity contribution in [3.05, 3.63) is 35.9 Å². The zero-order valence-corrected chi connectivity index (χ0v) is 15.4. The van der Waals surface area contributed by atoms with Gasteiger partial charge in [-0.15, -0.1) is 0 Å². The van der Waals surface area contributed by atoms with Crippen LogP contribution >= 0.6 is 10.7 Å². The highest BCUT2D eigenvalue weighted by Crippen LogP contribution is 2.32. The fraction of sp³-hybridized carbons (Fsp3) is 0.588. The van der Waals surface area contributed by atoms with Crippen molar-refractivity contribution in [2.24, 2.45) is 5.92 Å². The molecule has 1 amide bonds. The van der Waals surface area contributed by atoms with Gasteiger partial charge in [-0.2, -0.15) is 0 Å². The second kappa shape index (κ2) is 6.81. The third kappa shape index (κ3) is 4.95. The molecule has 0 N–H and O–H groups in total. The van der Waals surface area contributed by atoms with E-state index in [-0.39, 0.29) is 35.5 Å². The molecule has 1 heterocycles. The second-order valence-electron chi connectivity index (χ2n) is 7.12. The maximum atomic E-state index is 12.2. The summed E-state index contributed by atoms with van der Waals surface area (Å²) in [6.45, 7) is 6.83. The Hall–Kier alpha value is -1.07. The minimum Gasteiger partial charge on any atom is -0.340 e. The maximum Gasteiger partial charge on any atom is 0.232 e. The summed E-state index contributed by atoms with van der Waals surface area (Å²) in [6.07, 6.45) is 1.09. The van der Waals surface area contributed by atoms with Gasteiger partial charge in [0.1, 0.15) is 0 Å². The van der Waals surface area contributed by atoms with Crippen LogP contribution < -0.4 is 0 Å². The van der Waals surface area contributed by atoms with E-state index in [2.05, 4.69) is 26.0 Å². The zero-order valence-electron chi connectivity index (χ0n) is 13.8. The highest BCUT2D eigenvalue weighted by atomic mass is 35.7. The van der Waals surface area contributed by atoms with Gasteiger partial charge >= 0.3 is 0 Å². The van der Waals surface area contributed by atoms with Gasteiger partial charge in [0, 0.05) is 35.6 Å². The molecule has 1 aliphatic rings. The Labute approximate surface area is 143 Å². The molecular formula is C17H24ClNO3S. The van der Waals surface area contributed by atoms with Crippen LogP contribution in [0.25, 0.3) is 0 Å². The molecule has 1 fully saturated rings. The largest absolute Gasteiger partial charge is 0.340 e. The van der Waals surface area contributed by atoms with Gasteiger partial charge in [-0.3, -0.25) is 4.79 Å². The van der Waals surface area contributed by atoms with Gasteiger partial charge in [0.15, 0.2) is 0 Å². The highest BCUT2D eigenvalue weighted by molar-refractivity contribution is 8.13. The molecule has 0 aliphatic carbocycles. The fourth-order valence-electron chi connectivity index (χ4n) is 3.48. The maximum absolute atomic E-state index is 12.2. The Balaban J connectivity index is 2.03. The van der Waals surface area contributed by atoms with Crippen molar-refractivity contribution in [1.82, 2.24) is 4.90 Å². The van der Waals surface area contributed by atoms with Gasteiger partial charge in [0.25, 0.3) is 0 Å². The summed E-state index contributed by atoms with van der Waals surface area (Å²) in [7, 11) is 1.75. The van der Waals surface area contributed by atoms with E-state index in [0.717, 1.165) is 6.42 Å². The predicted octanol–water partition coefficient (Wildman–Crippen LogP) is 3.16. The topological polar surface area (TPSA) is 54.5 Å². The van der Waals surface area contributed by atoms with Crippen molar-refractivity contribution < 1.29 is 13.2 Å². The summed E-state index contributed by atoms with van der Waals surface area (Å²) in [5.74, 6) is -0.315. The van der Waals surface area contributed by atoms with Crippen LogP contribution in [0.5, 0.6) is 0 Å². The molecule has 0 saturated carbocycles. The Morgan fingerprint density at radius 1 is 1.30 bits per heavy atom. The minimum atomic E-state index is -3.56. The smallest absolute Gasteiger partial charge is 0.232 e. The van der Waals surface area contributed by atoms with E-state index in [4.69, 9.17) is 10.7 Å². The van der Waals surface area contributed by atoms with Gasteiger partial charge in [-0.1, -0.05) is 44.2 Å². The normalized spacial score (nSPS) is 20.8. The first-order valence-corrected chi connectivity index (χ1v) is 10.3. The minimum absolute atomic E-state index is 0.0201. The summed E-state index contributed by atoms with van der Waals surface area (Å²) in [5.41, 5.74) is 1.18. The molecule has 0 spiro atoms. The van der Waals surface area contributed by atoms with Gasteiger partial charge in [0.2, 0.25) is 15.0 Å². The number of benzene rings is 1. The van der Waals surface area contributed by atoms with Crippen LogP contribution in [-0.4, -0.2) is 37.6 Å². The highest BCUT2D eigenvalue weighted by Gasteiger charge is 2.36. The molecule has 1 aliphatic heterocycles. The molecular weight excluding hydrogens is 334 g/mol. The first-order chi connectivity index (χ1) is 10.6. The Morgan fingerprint density at radius 3 is 2.48 bits per heavy atom. The lowest BCUT2D eigenvalue weighted by atomic mass is 9.79. The summed E-state index contributed by atoms with van der Waals surface area (Å²) in [5, 5.41) is 0. The molecule has 1 saturated heterocycles. The third-order valence-corrected chi connectivity index (χ3v) is 5.81. The van der Waals surface area contributed by atoms with E-state index in [9.17, 15) is 13.2 Å². The summed E-state index contributed by atoms with van der Waals surface area (Å²) < 4.78 is 22.4. The van der Waals surface area contributed by atoms with Crippen LogP contribution in [0.1, 0.15) is 39.2 Å². The summed E-state index contributed by atoms with van der Waals surface area (Å²) >= 11 is 0. The summed E-state index contributed by atoms with van der Waals surface area (Å²) in [4.78, 5) is 14.0. The van der Waals surface area contributed by atoms with Gasteiger partial charge in [-0.05, 0) is 24.3 Å². The zero-order chi connectivity index (χ0) is 17.3. The third-order valence-electron chi connectivity index (χ3n) is 4.57. The first kappa shape index (κ1) is 18.3. The molecule has 0 bridgehead atoms. The van der Waals surface area contributed by atoms with Gasteiger partial charge in [0.05, 0.1) is 5.75 Å². The number of carbonyl (C=O) groups excluding carboxylic acids is 1. The van der Waals surface area contributed by atoms with Crippen LogP contribution in [0.3, 0.4) is 0 Å². The van der Waals surface area contributed by atoms with Crippen molar-refractivity contribution in [3.63, 3.8) is 0 Å². The van der Waals surface area contributed by atoms with Crippen molar-refractivity contribution >= 4 is 25.6 Å². The van der Waals surface area contributed by atoms with Crippen LogP contribution in [0.15, 0.2) is 30.3 Å².